The molecule has 0 aliphatic carbocycles. The van der Waals surface area contributed by atoms with Gasteiger partial charge in [0.05, 0.1) is 10.6 Å². The average Bonchev–Trinajstić information content (AvgIpc) is 3.24. The maximum Gasteiger partial charge on any atom is 0.255 e. The minimum Gasteiger partial charge on any atom is -0.454 e. The molecular formula is C18H15Cl2NO3. The van der Waals surface area contributed by atoms with Gasteiger partial charge in [0.2, 0.25) is 6.79 Å². The van der Waals surface area contributed by atoms with E-state index in [9.17, 15) is 4.79 Å². The first-order valence-corrected chi connectivity index (χ1v) is 8.51. The van der Waals surface area contributed by atoms with Gasteiger partial charge in [-0.25, -0.2) is 0 Å². The maximum absolute atomic E-state index is 12.7. The SMILES string of the molecule is O=C(c1cc(Cl)ccc1Cl)N1CCC(c2ccc3c(c2)OCO3)C1. The summed E-state index contributed by atoms with van der Waals surface area (Å²) in [4.78, 5) is 14.5. The molecule has 2 aliphatic heterocycles. The summed E-state index contributed by atoms with van der Waals surface area (Å²) in [6.45, 7) is 1.61. The van der Waals surface area contributed by atoms with Gasteiger partial charge in [-0.15, -0.1) is 0 Å². The van der Waals surface area contributed by atoms with Crippen molar-refractivity contribution in [3.63, 3.8) is 0 Å². The Labute approximate surface area is 149 Å². The Morgan fingerprint density at radius 3 is 2.79 bits per heavy atom. The third-order valence-corrected chi connectivity index (χ3v) is 5.07. The van der Waals surface area contributed by atoms with Crippen molar-refractivity contribution in [1.82, 2.24) is 4.90 Å². The standard InChI is InChI=1S/C18H15Cl2NO3/c19-13-2-3-15(20)14(8-13)18(22)21-6-5-12(9-21)11-1-4-16-17(7-11)24-10-23-16/h1-4,7-8,12H,5-6,9-10H2. The number of rotatable bonds is 2. The summed E-state index contributed by atoms with van der Waals surface area (Å²) in [7, 11) is 0. The second-order valence-corrected chi connectivity index (χ2v) is 6.82. The van der Waals surface area contributed by atoms with Crippen LogP contribution in [0.3, 0.4) is 0 Å². The van der Waals surface area contributed by atoms with Crippen molar-refractivity contribution in [3.05, 3.63) is 57.6 Å². The zero-order valence-electron chi connectivity index (χ0n) is 12.8. The first-order chi connectivity index (χ1) is 11.6. The van der Waals surface area contributed by atoms with Gasteiger partial charge in [0.15, 0.2) is 11.5 Å². The molecule has 1 unspecified atom stereocenters. The minimum atomic E-state index is -0.0780. The number of carbonyl (C=O) groups is 1. The van der Waals surface area contributed by atoms with Crippen LogP contribution in [0, 0.1) is 0 Å². The lowest BCUT2D eigenvalue weighted by Gasteiger charge is -2.18. The predicted molar refractivity (Wildman–Crippen MR) is 92.3 cm³/mol. The van der Waals surface area contributed by atoms with Crippen molar-refractivity contribution in [2.75, 3.05) is 19.9 Å². The highest BCUT2D eigenvalue weighted by Crippen LogP contribution is 2.37. The molecular weight excluding hydrogens is 349 g/mol. The van der Waals surface area contributed by atoms with E-state index < -0.39 is 0 Å². The Hall–Kier alpha value is -1.91. The Bertz CT molecular complexity index is 809. The molecule has 2 aromatic carbocycles. The van der Waals surface area contributed by atoms with Crippen LogP contribution in [0.5, 0.6) is 11.5 Å². The maximum atomic E-state index is 12.7. The van der Waals surface area contributed by atoms with E-state index in [1.54, 1.807) is 18.2 Å². The molecule has 4 nitrogen and oxygen atoms in total. The summed E-state index contributed by atoms with van der Waals surface area (Å²) in [6.07, 6.45) is 0.906. The Morgan fingerprint density at radius 2 is 1.92 bits per heavy atom. The number of amides is 1. The van der Waals surface area contributed by atoms with Gasteiger partial charge >= 0.3 is 0 Å². The number of hydrogen-bond acceptors (Lipinski definition) is 3. The molecule has 0 saturated carbocycles. The molecule has 1 saturated heterocycles. The molecule has 2 aromatic rings. The summed E-state index contributed by atoms with van der Waals surface area (Å²) >= 11 is 12.1. The lowest BCUT2D eigenvalue weighted by Crippen LogP contribution is -2.28. The summed E-state index contributed by atoms with van der Waals surface area (Å²) in [5, 5.41) is 0.935. The van der Waals surface area contributed by atoms with Gasteiger partial charge in [0, 0.05) is 24.0 Å². The topological polar surface area (TPSA) is 38.8 Å². The number of carbonyl (C=O) groups excluding carboxylic acids is 1. The van der Waals surface area contributed by atoms with Crippen LogP contribution in [-0.2, 0) is 0 Å². The largest absolute Gasteiger partial charge is 0.454 e. The number of benzene rings is 2. The zero-order valence-corrected chi connectivity index (χ0v) is 14.3. The number of ether oxygens (including phenoxy) is 2. The van der Waals surface area contributed by atoms with Crippen molar-refractivity contribution < 1.29 is 14.3 Å². The first kappa shape index (κ1) is 15.6. The third kappa shape index (κ3) is 2.80. The van der Waals surface area contributed by atoms with E-state index in [0.717, 1.165) is 23.5 Å². The number of hydrogen-bond donors (Lipinski definition) is 0. The monoisotopic (exact) mass is 363 g/mol. The minimum absolute atomic E-state index is 0.0780. The number of halogens is 2. The molecule has 1 amide bonds. The van der Waals surface area contributed by atoms with Crippen LogP contribution in [0.2, 0.25) is 10.0 Å². The van der Waals surface area contributed by atoms with E-state index in [1.807, 2.05) is 23.1 Å². The van der Waals surface area contributed by atoms with Crippen LogP contribution in [0.1, 0.15) is 28.3 Å². The van der Waals surface area contributed by atoms with Gasteiger partial charge in [-0.3, -0.25) is 4.79 Å². The molecule has 2 aliphatic rings. The van der Waals surface area contributed by atoms with Crippen LogP contribution in [0.4, 0.5) is 0 Å². The lowest BCUT2D eigenvalue weighted by molar-refractivity contribution is 0.0791. The van der Waals surface area contributed by atoms with Crippen LogP contribution in [-0.4, -0.2) is 30.7 Å². The molecule has 1 fully saturated rings. The molecule has 24 heavy (non-hydrogen) atoms. The van der Waals surface area contributed by atoms with Crippen molar-refractivity contribution in [2.24, 2.45) is 0 Å². The van der Waals surface area contributed by atoms with E-state index in [1.165, 1.54) is 0 Å². The van der Waals surface area contributed by atoms with Crippen LogP contribution in [0.25, 0.3) is 0 Å². The Kier molecular flexibility index (Phi) is 4.02. The van der Waals surface area contributed by atoms with Crippen molar-refractivity contribution in [3.8, 4) is 11.5 Å². The van der Waals surface area contributed by atoms with Crippen LogP contribution in [0.15, 0.2) is 36.4 Å². The van der Waals surface area contributed by atoms with Crippen LogP contribution >= 0.6 is 23.2 Å². The van der Waals surface area contributed by atoms with Crippen molar-refractivity contribution in [2.45, 2.75) is 12.3 Å². The molecule has 6 heteroatoms. The molecule has 0 bridgehead atoms. The van der Waals surface area contributed by atoms with Gasteiger partial charge in [-0.05, 0) is 42.3 Å². The molecule has 2 heterocycles. The van der Waals surface area contributed by atoms with E-state index in [4.69, 9.17) is 32.7 Å². The van der Waals surface area contributed by atoms with Gasteiger partial charge in [0.1, 0.15) is 0 Å². The lowest BCUT2D eigenvalue weighted by atomic mass is 9.98. The summed E-state index contributed by atoms with van der Waals surface area (Å²) < 4.78 is 10.8. The summed E-state index contributed by atoms with van der Waals surface area (Å²) in [5.41, 5.74) is 1.61. The van der Waals surface area contributed by atoms with Gasteiger partial charge in [0.25, 0.3) is 5.91 Å². The van der Waals surface area contributed by atoms with Crippen molar-refractivity contribution >= 4 is 29.1 Å². The highest BCUT2D eigenvalue weighted by atomic mass is 35.5. The molecule has 124 valence electrons. The van der Waals surface area contributed by atoms with E-state index in [-0.39, 0.29) is 18.6 Å². The molecule has 0 spiro atoms. The zero-order chi connectivity index (χ0) is 16.7. The second-order valence-electron chi connectivity index (χ2n) is 5.97. The fraction of sp³-hybridized carbons (Fsp3) is 0.278. The van der Waals surface area contributed by atoms with Gasteiger partial charge in [-0.2, -0.15) is 0 Å². The number of nitrogens with zero attached hydrogens (tertiary/aromatic N) is 1. The van der Waals surface area contributed by atoms with Gasteiger partial charge < -0.3 is 14.4 Å². The highest BCUT2D eigenvalue weighted by Gasteiger charge is 2.30. The summed E-state index contributed by atoms with van der Waals surface area (Å²) in [5.74, 6) is 1.75. The molecule has 0 radical (unpaired) electrons. The van der Waals surface area contributed by atoms with E-state index >= 15 is 0 Å². The highest BCUT2D eigenvalue weighted by molar-refractivity contribution is 6.35. The summed E-state index contributed by atoms with van der Waals surface area (Å²) in [6, 6.07) is 10.9. The Balaban J connectivity index is 1.52. The quantitative estimate of drug-likeness (QED) is 0.795. The first-order valence-electron chi connectivity index (χ1n) is 7.75. The third-order valence-electron chi connectivity index (χ3n) is 4.50. The predicted octanol–water partition coefficient (Wildman–Crippen LogP) is 4.35. The number of fused-ring (bicyclic) bond motifs is 1. The number of likely N-dealkylation sites (tertiary alicyclic amines) is 1. The van der Waals surface area contributed by atoms with E-state index in [0.29, 0.717) is 28.7 Å². The average molecular weight is 364 g/mol. The normalized spacial score (nSPS) is 18.9. The van der Waals surface area contributed by atoms with Crippen molar-refractivity contribution in [1.29, 1.82) is 0 Å². The Morgan fingerprint density at radius 1 is 1.08 bits per heavy atom. The second kappa shape index (κ2) is 6.19. The van der Waals surface area contributed by atoms with Crippen LogP contribution < -0.4 is 9.47 Å². The fourth-order valence-electron chi connectivity index (χ4n) is 3.22. The molecule has 0 aromatic heterocycles. The molecule has 0 N–H and O–H groups in total. The fourth-order valence-corrected chi connectivity index (χ4v) is 3.59. The molecule has 1 atom stereocenters. The smallest absolute Gasteiger partial charge is 0.255 e. The van der Waals surface area contributed by atoms with Gasteiger partial charge in [-0.1, -0.05) is 29.3 Å². The van der Waals surface area contributed by atoms with E-state index in [2.05, 4.69) is 0 Å². The molecule has 4 rings (SSSR count).